The summed E-state index contributed by atoms with van der Waals surface area (Å²) in [6.45, 7) is 7.05. The molecule has 1 aliphatic heterocycles. The zero-order chi connectivity index (χ0) is 35.3. The number of nitrogens with zero attached hydrogens (tertiary/aromatic N) is 4. The second-order valence-corrected chi connectivity index (χ2v) is 12.1. The van der Waals surface area contributed by atoms with E-state index < -0.39 is 71.8 Å². The maximum Gasteiger partial charge on any atom is 0.408 e. The Kier molecular flexibility index (Phi) is 13.6. The van der Waals surface area contributed by atoms with Crippen LogP contribution in [-0.2, 0) is 46.5 Å². The predicted molar refractivity (Wildman–Crippen MR) is 168 cm³/mol. The van der Waals surface area contributed by atoms with Crippen LogP contribution >= 0.6 is 0 Å². The molecule has 1 aliphatic rings. The fourth-order valence-electron chi connectivity index (χ4n) is 4.95. The van der Waals surface area contributed by atoms with E-state index in [1.54, 1.807) is 58.0 Å². The van der Waals surface area contributed by atoms with E-state index in [1.807, 2.05) is 0 Å². The van der Waals surface area contributed by atoms with Gasteiger partial charge in [0.05, 0.1) is 19.1 Å². The molecule has 3 rings (SSSR count). The summed E-state index contributed by atoms with van der Waals surface area (Å²) in [6, 6.07) is 4.35. The highest BCUT2D eigenvalue weighted by atomic mass is 16.5. The van der Waals surface area contributed by atoms with Crippen molar-refractivity contribution in [2.45, 2.75) is 84.2 Å². The van der Waals surface area contributed by atoms with Crippen LogP contribution in [-0.4, -0.2) is 104 Å². The molecule has 260 valence electrons. The molecule has 0 saturated carbocycles. The van der Waals surface area contributed by atoms with Gasteiger partial charge in [-0.25, -0.2) is 9.59 Å². The first-order chi connectivity index (χ1) is 22.8. The van der Waals surface area contributed by atoms with Gasteiger partial charge in [-0.3, -0.25) is 19.2 Å². The normalized spacial score (nSPS) is 16.4. The predicted octanol–water partition coefficient (Wildman–Crippen LogP) is 0.638. The first-order valence-electron chi connectivity index (χ1n) is 15.5. The number of aromatic amines is 1. The van der Waals surface area contributed by atoms with Crippen LogP contribution in [0.5, 0.6) is 0 Å². The summed E-state index contributed by atoms with van der Waals surface area (Å²) < 4.78 is 10.1. The number of benzene rings is 1. The first-order valence-corrected chi connectivity index (χ1v) is 15.5. The van der Waals surface area contributed by atoms with E-state index >= 15 is 0 Å². The fraction of sp³-hybridized carbons (Fsp3) is 0.516. The molecular weight excluding hydrogens is 628 g/mol. The standard InChI is InChI=1S/C31H42N8O9/c1-5-47-25(42)14-13-20(16-23-35-37-38-36-23)32-28(44)22-12-9-15-39(22)29(45)26(31(2,3)4)34-27(43)21(17-24(40)41)33-30(46)48-18-19-10-7-6-8-11-19/h6-8,10-11,13-14,20-22,26H,5,9,12,15-18H2,1-4H3,(H,32,44)(H,33,46)(H,34,43)(H,40,41)(H,35,36,37,38)/b14-13+/t20-,21+,22-,26?/m1/s1. The maximum absolute atomic E-state index is 14.0. The minimum Gasteiger partial charge on any atom is -0.481 e. The molecule has 4 atom stereocenters. The number of tetrazole rings is 1. The average molecular weight is 671 g/mol. The number of alkyl carbamates (subject to hydrolysis) is 1. The molecule has 17 heteroatoms. The van der Waals surface area contributed by atoms with E-state index in [9.17, 15) is 33.9 Å². The van der Waals surface area contributed by atoms with Crippen LogP contribution < -0.4 is 16.0 Å². The number of carboxylic acid groups (broad SMARTS) is 1. The number of likely N-dealkylation sites (tertiary alicyclic amines) is 1. The smallest absolute Gasteiger partial charge is 0.408 e. The third-order valence-electron chi connectivity index (χ3n) is 7.31. The number of hydrogen-bond acceptors (Lipinski definition) is 11. The molecule has 0 aliphatic carbocycles. The molecule has 1 aromatic carbocycles. The number of rotatable bonds is 15. The van der Waals surface area contributed by atoms with Gasteiger partial charge >= 0.3 is 18.0 Å². The molecule has 17 nitrogen and oxygen atoms in total. The van der Waals surface area contributed by atoms with Crippen molar-refractivity contribution in [2.75, 3.05) is 13.2 Å². The molecule has 1 unspecified atom stereocenters. The van der Waals surface area contributed by atoms with Crippen LogP contribution in [0.2, 0.25) is 0 Å². The van der Waals surface area contributed by atoms with E-state index in [0.717, 1.165) is 0 Å². The van der Waals surface area contributed by atoms with Gasteiger partial charge in [-0.2, -0.15) is 5.21 Å². The fourth-order valence-corrected chi connectivity index (χ4v) is 4.95. The number of hydrogen-bond donors (Lipinski definition) is 5. The Labute approximate surface area is 277 Å². The van der Waals surface area contributed by atoms with Crippen molar-refractivity contribution in [1.82, 2.24) is 41.5 Å². The van der Waals surface area contributed by atoms with Gasteiger partial charge in [0, 0.05) is 19.0 Å². The van der Waals surface area contributed by atoms with Crippen LogP contribution in [0.1, 0.15) is 58.3 Å². The van der Waals surface area contributed by atoms with E-state index in [-0.39, 0.29) is 32.0 Å². The minimum atomic E-state index is -1.56. The number of nitrogens with one attached hydrogen (secondary N) is 4. The van der Waals surface area contributed by atoms with E-state index in [0.29, 0.717) is 18.4 Å². The van der Waals surface area contributed by atoms with Crippen molar-refractivity contribution in [1.29, 1.82) is 0 Å². The summed E-state index contributed by atoms with van der Waals surface area (Å²) >= 11 is 0. The Morgan fingerprint density at radius 3 is 2.44 bits per heavy atom. The molecule has 4 amide bonds. The number of carboxylic acids is 1. The van der Waals surface area contributed by atoms with Gasteiger partial charge in [0.2, 0.25) is 17.7 Å². The highest BCUT2D eigenvalue weighted by molar-refractivity contribution is 5.95. The molecule has 0 spiro atoms. The lowest BCUT2D eigenvalue weighted by molar-refractivity contribution is -0.145. The van der Waals surface area contributed by atoms with Crippen molar-refractivity contribution in [3.63, 3.8) is 0 Å². The molecule has 48 heavy (non-hydrogen) atoms. The molecule has 2 aromatic rings. The highest BCUT2D eigenvalue weighted by Crippen LogP contribution is 2.26. The topological polar surface area (TPSA) is 235 Å². The number of carbonyl (C=O) groups excluding carboxylic acids is 5. The van der Waals surface area contributed by atoms with Gasteiger partial charge in [0.25, 0.3) is 0 Å². The third-order valence-corrected chi connectivity index (χ3v) is 7.31. The monoisotopic (exact) mass is 670 g/mol. The molecule has 1 aromatic heterocycles. The molecule has 1 saturated heterocycles. The lowest BCUT2D eigenvalue weighted by Gasteiger charge is -2.36. The van der Waals surface area contributed by atoms with Crippen LogP contribution in [0.3, 0.4) is 0 Å². The zero-order valence-corrected chi connectivity index (χ0v) is 27.3. The largest absolute Gasteiger partial charge is 0.481 e. The Balaban J connectivity index is 1.73. The summed E-state index contributed by atoms with van der Waals surface area (Å²) in [5.41, 5.74) is -0.202. The first kappa shape index (κ1) is 37.1. The molecule has 2 heterocycles. The summed E-state index contributed by atoms with van der Waals surface area (Å²) in [5.74, 6) is -3.67. The quantitative estimate of drug-likeness (QED) is 0.130. The summed E-state index contributed by atoms with van der Waals surface area (Å²) in [6.07, 6.45) is 1.75. The number of amides is 4. The Morgan fingerprint density at radius 1 is 1.08 bits per heavy atom. The van der Waals surface area contributed by atoms with E-state index in [2.05, 4.69) is 36.6 Å². The zero-order valence-electron chi connectivity index (χ0n) is 27.3. The summed E-state index contributed by atoms with van der Waals surface area (Å²) in [5, 5.41) is 30.8. The Morgan fingerprint density at radius 2 is 1.81 bits per heavy atom. The molecule has 0 bridgehead atoms. The number of carbonyl (C=O) groups is 6. The lowest BCUT2D eigenvalue weighted by Crippen LogP contribution is -2.60. The highest BCUT2D eigenvalue weighted by Gasteiger charge is 2.43. The van der Waals surface area contributed by atoms with Gasteiger partial charge in [0.15, 0.2) is 5.82 Å². The number of ether oxygens (including phenoxy) is 2. The van der Waals surface area contributed by atoms with Crippen LogP contribution in [0.4, 0.5) is 4.79 Å². The van der Waals surface area contributed by atoms with Gasteiger partial charge in [-0.15, -0.1) is 10.2 Å². The number of H-pyrrole nitrogens is 1. The van der Waals surface area contributed by atoms with Gasteiger partial charge < -0.3 is 35.4 Å². The maximum atomic E-state index is 14.0. The molecule has 0 radical (unpaired) electrons. The lowest BCUT2D eigenvalue weighted by atomic mass is 9.85. The van der Waals surface area contributed by atoms with Crippen LogP contribution in [0.25, 0.3) is 0 Å². The molecule has 1 fully saturated rings. The molecular formula is C31H42N8O9. The van der Waals surface area contributed by atoms with Crippen LogP contribution in [0, 0.1) is 5.41 Å². The Bertz CT molecular complexity index is 1440. The van der Waals surface area contributed by atoms with Gasteiger partial charge in [-0.05, 0) is 30.7 Å². The van der Waals surface area contributed by atoms with Crippen molar-refractivity contribution in [3.8, 4) is 0 Å². The van der Waals surface area contributed by atoms with Crippen molar-refractivity contribution in [3.05, 3.63) is 53.9 Å². The average Bonchev–Trinajstić information content (AvgIpc) is 3.73. The van der Waals surface area contributed by atoms with Gasteiger partial charge in [0.1, 0.15) is 24.7 Å². The van der Waals surface area contributed by atoms with Gasteiger partial charge in [-0.1, -0.05) is 62.4 Å². The second-order valence-electron chi connectivity index (χ2n) is 12.1. The number of aliphatic carboxylic acids is 1. The second kappa shape index (κ2) is 17.5. The van der Waals surface area contributed by atoms with Crippen molar-refractivity contribution >= 4 is 35.8 Å². The molecule has 5 N–H and O–H groups in total. The van der Waals surface area contributed by atoms with Crippen molar-refractivity contribution < 1.29 is 43.3 Å². The summed E-state index contributed by atoms with van der Waals surface area (Å²) in [4.78, 5) is 78.3. The van der Waals surface area contributed by atoms with Crippen molar-refractivity contribution in [2.24, 2.45) is 5.41 Å². The minimum absolute atomic E-state index is 0.0885. The Hall–Kier alpha value is -5.35. The number of aromatic nitrogens is 4. The van der Waals surface area contributed by atoms with Crippen LogP contribution in [0.15, 0.2) is 42.5 Å². The van der Waals surface area contributed by atoms with E-state index in [1.165, 1.54) is 17.1 Å². The van der Waals surface area contributed by atoms with E-state index in [4.69, 9.17) is 9.47 Å². The third kappa shape index (κ3) is 11.5. The summed E-state index contributed by atoms with van der Waals surface area (Å²) in [7, 11) is 0. The number of esters is 1. The SMILES string of the molecule is CCOC(=O)/C=C/[C@H](Cc1nn[nH]n1)NC(=O)[C@H]1CCCN1C(=O)C(NC(=O)[C@H](CC(=O)O)NC(=O)OCc1ccccc1)C(C)(C)C.